The fourth-order valence-corrected chi connectivity index (χ4v) is 1.52. The highest BCUT2D eigenvalue weighted by molar-refractivity contribution is 5.78. The molecule has 20 heavy (non-hydrogen) atoms. The Labute approximate surface area is 113 Å². The summed E-state index contributed by atoms with van der Waals surface area (Å²) in [7, 11) is 0. The molecule has 3 nitrogen and oxygen atoms in total. The third kappa shape index (κ3) is 3.84. The van der Waals surface area contributed by atoms with Crippen LogP contribution in [0, 0.1) is 5.82 Å². The number of guanidine groups is 1. The standard InChI is InChI=1S/C13H13F4N3/c1-2-8(6-7-20-12(18)19)9-4-3-5-10(11(9)14)13(15,16)17/h2-7H,1H3,(H4,18,19,20)/b7-6-,8-2+. The van der Waals surface area contributed by atoms with Crippen molar-refractivity contribution in [2.24, 2.45) is 16.5 Å². The predicted molar refractivity (Wildman–Crippen MR) is 70.0 cm³/mol. The van der Waals surface area contributed by atoms with Gasteiger partial charge in [0.05, 0.1) is 5.56 Å². The Hall–Kier alpha value is -2.31. The van der Waals surface area contributed by atoms with E-state index in [4.69, 9.17) is 11.5 Å². The molecule has 1 aromatic carbocycles. The summed E-state index contributed by atoms with van der Waals surface area (Å²) in [4.78, 5) is 3.54. The minimum absolute atomic E-state index is 0.177. The number of aliphatic imine (C=N–C) groups is 1. The van der Waals surface area contributed by atoms with Crippen molar-refractivity contribution in [3.8, 4) is 0 Å². The normalized spacial score (nSPS) is 12.8. The van der Waals surface area contributed by atoms with Crippen LogP contribution in [0.4, 0.5) is 17.6 Å². The second-order valence-electron chi connectivity index (χ2n) is 3.78. The van der Waals surface area contributed by atoms with Crippen LogP contribution in [-0.4, -0.2) is 5.96 Å². The second-order valence-corrected chi connectivity index (χ2v) is 3.78. The van der Waals surface area contributed by atoms with E-state index in [1.54, 1.807) is 6.92 Å². The summed E-state index contributed by atoms with van der Waals surface area (Å²) in [6.07, 6.45) is -0.789. The summed E-state index contributed by atoms with van der Waals surface area (Å²) in [5.74, 6) is -1.54. The number of nitrogens with zero attached hydrogens (tertiary/aromatic N) is 1. The van der Waals surface area contributed by atoms with Crippen LogP contribution in [0.2, 0.25) is 0 Å². The number of benzene rings is 1. The van der Waals surface area contributed by atoms with Gasteiger partial charge in [-0.15, -0.1) is 0 Å². The maximum atomic E-state index is 13.9. The molecule has 1 rings (SSSR count). The fourth-order valence-electron chi connectivity index (χ4n) is 1.52. The smallest absolute Gasteiger partial charge is 0.370 e. The van der Waals surface area contributed by atoms with Crippen LogP contribution in [0.1, 0.15) is 18.1 Å². The van der Waals surface area contributed by atoms with Crippen molar-refractivity contribution in [1.82, 2.24) is 0 Å². The van der Waals surface area contributed by atoms with Crippen LogP contribution in [0.5, 0.6) is 0 Å². The van der Waals surface area contributed by atoms with Gasteiger partial charge in [0.1, 0.15) is 5.82 Å². The molecule has 0 aliphatic rings. The van der Waals surface area contributed by atoms with Crippen molar-refractivity contribution >= 4 is 11.5 Å². The Balaban J connectivity index is 3.25. The maximum Gasteiger partial charge on any atom is 0.419 e. The van der Waals surface area contributed by atoms with E-state index < -0.39 is 17.6 Å². The quantitative estimate of drug-likeness (QED) is 0.388. The number of rotatable bonds is 3. The molecule has 0 radical (unpaired) electrons. The van der Waals surface area contributed by atoms with E-state index >= 15 is 0 Å². The van der Waals surface area contributed by atoms with Crippen molar-refractivity contribution in [3.63, 3.8) is 0 Å². The number of hydrogen-bond donors (Lipinski definition) is 2. The highest BCUT2D eigenvalue weighted by Gasteiger charge is 2.34. The molecule has 0 unspecified atom stereocenters. The molecule has 1 aromatic rings. The summed E-state index contributed by atoms with van der Waals surface area (Å²) in [5, 5.41) is 0. The van der Waals surface area contributed by atoms with Gasteiger partial charge in [-0.05, 0) is 24.6 Å². The van der Waals surface area contributed by atoms with Crippen LogP contribution in [0.15, 0.2) is 41.5 Å². The molecule has 0 saturated heterocycles. The third-order valence-corrected chi connectivity index (χ3v) is 2.40. The van der Waals surface area contributed by atoms with E-state index in [9.17, 15) is 17.6 Å². The van der Waals surface area contributed by atoms with E-state index in [0.717, 1.165) is 6.07 Å². The van der Waals surface area contributed by atoms with Crippen molar-refractivity contribution in [2.75, 3.05) is 0 Å². The van der Waals surface area contributed by atoms with E-state index in [-0.39, 0.29) is 17.1 Å². The molecule has 0 amide bonds. The summed E-state index contributed by atoms with van der Waals surface area (Å²) < 4.78 is 51.8. The zero-order valence-electron chi connectivity index (χ0n) is 10.6. The van der Waals surface area contributed by atoms with Crippen LogP contribution in [-0.2, 0) is 6.18 Å². The van der Waals surface area contributed by atoms with Crippen molar-refractivity contribution < 1.29 is 17.6 Å². The zero-order valence-corrected chi connectivity index (χ0v) is 10.6. The molecule has 0 spiro atoms. The summed E-state index contributed by atoms with van der Waals surface area (Å²) in [6, 6.07) is 3.07. The molecule has 0 atom stereocenters. The average molecular weight is 287 g/mol. The molecule has 0 bridgehead atoms. The van der Waals surface area contributed by atoms with Crippen LogP contribution in [0.3, 0.4) is 0 Å². The lowest BCUT2D eigenvalue weighted by Gasteiger charge is -2.11. The van der Waals surface area contributed by atoms with Crippen LogP contribution in [0.25, 0.3) is 5.57 Å². The van der Waals surface area contributed by atoms with E-state index in [2.05, 4.69) is 4.99 Å². The first-order chi connectivity index (χ1) is 9.27. The Kier molecular flexibility index (Phi) is 4.90. The molecular formula is C13H13F4N3. The van der Waals surface area contributed by atoms with Crippen molar-refractivity contribution in [3.05, 3.63) is 53.5 Å². The Morgan fingerprint density at radius 1 is 1.25 bits per heavy atom. The highest BCUT2D eigenvalue weighted by Crippen LogP contribution is 2.34. The first kappa shape index (κ1) is 15.7. The van der Waals surface area contributed by atoms with Crippen LogP contribution >= 0.6 is 0 Å². The predicted octanol–water partition coefficient (Wildman–Crippen LogP) is 3.03. The van der Waals surface area contributed by atoms with Gasteiger partial charge >= 0.3 is 6.18 Å². The molecule has 0 fully saturated rings. The van der Waals surface area contributed by atoms with Gasteiger partial charge in [0, 0.05) is 11.8 Å². The SMILES string of the molecule is C/C=C(\C=C/N=C(N)N)c1cccc(C(F)(F)F)c1F. The first-order valence-electron chi connectivity index (χ1n) is 5.55. The Morgan fingerprint density at radius 2 is 1.90 bits per heavy atom. The molecule has 108 valence electrons. The fraction of sp³-hybridized carbons (Fsp3) is 0.154. The van der Waals surface area contributed by atoms with Gasteiger partial charge in [-0.2, -0.15) is 13.2 Å². The molecule has 0 aromatic heterocycles. The highest BCUT2D eigenvalue weighted by atomic mass is 19.4. The minimum Gasteiger partial charge on any atom is -0.370 e. The number of allylic oxidation sites excluding steroid dienone is 3. The molecule has 0 saturated carbocycles. The van der Waals surface area contributed by atoms with Crippen molar-refractivity contribution in [2.45, 2.75) is 13.1 Å². The number of halogens is 4. The van der Waals surface area contributed by atoms with Crippen molar-refractivity contribution in [1.29, 1.82) is 0 Å². The first-order valence-corrected chi connectivity index (χ1v) is 5.55. The third-order valence-electron chi connectivity index (χ3n) is 2.40. The minimum atomic E-state index is -4.75. The summed E-state index contributed by atoms with van der Waals surface area (Å²) in [5.41, 5.74) is 8.95. The Morgan fingerprint density at radius 3 is 2.40 bits per heavy atom. The molecule has 0 heterocycles. The maximum absolute atomic E-state index is 13.9. The van der Waals surface area contributed by atoms with E-state index in [1.807, 2.05) is 0 Å². The Bertz CT molecular complexity index is 567. The topological polar surface area (TPSA) is 64.4 Å². The zero-order chi connectivity index (χ0) is 15.3. The van der Waals surface area contributed by atoms with Gasteiger partial charge in [0.25, 0.3) is 0 Å². The number of nitrogens with two attached hydrogens (primary N) is 2. The second kappa shape index (κ2) is 6.23. The summed E-state index contributed by atoms with van der Waals surface area (Å²) >= 11 is 0. The van der Waals surface area contributed by atoms with E-state index in [1.165, 1.54) is 24.4 Å². The molecular weight excluding hydrogens is 274 g/mol. The largest absolute Gasteiger partial charge is 0.419 e. The van der Waals surface area contributed by atoms with Gasteiger partial charge in [0.2, 0.25) is 0 Å². The summed E-state index contributed by atoms with van der Waals surface area (Å²) in [6.45, 7) is 1.56. The monoisotopic (exact) mass is 287 g/mol. The van der Waals surface area contributed by atoms with Gasteiger partial charge in [-0.25, -0.2) is 9.38 Å². The molecule has 0 aliphatic carbocycles. The lowest BCUT2D eigenvalue weighted by Crippen LogP contribution is -2.21. The molecule has 4 N–H and O–H groups in total. The van der Waals surface area contributed by atoms with Gasteiger partial charge in [-0.3, -0.25) is 0 Å². The molecule has 7 heteroatoms. The molecule has 0 aliphatic heterocycles. The van der Waals surface area contributed by atoms with Gasteiger partial charge in [0.15, 0.2) is 5.96 Å². The van der Waals surface area contributed by atoms with Crippen LogP contribution < -0.4 is 11.5 Å². The van der Waals surface area contributed by atoms with Gasteiger partial charge in [-0.1, -0.05) is 18.2 Å². The lowest BCUT2D eigenvalue weighted by atomic mass is 10.0. The number of alkyl halides is 3. The number of hydrogen-bond acceptors (Lipinski definition) is 1. The lowest BCUT2D eigenvalue weighted by molar-refractivity contribution is -0.140. The average Bonchev–Trinajstić information content (AvgIpc) is 2.34. The van der Waals surface area contributed by atoms with E-state index in [0.29, 0.717) is 6.07 Å². The van der Waals surface area contributed by atoms with Gasteiger partial charge < -0.3 is 11.5 Å².